The van der Waals surface area contributed by atoms with Crippen LogP contribution in [0.25, 0.3) is 0 Å². The maximum absolute atomic E-state index is 5.73. The van der Waals surface area contributed by atoms with Gasteiger partial charge in [0.05, 0.1) is 12.6 Å². The molecule has 1 aliphatic heterocycles. The highest BCUT2D eigenvalue weighted by molar-refractivity contribution is 5.60. The first kappa shape index (κ1) is 13.4. The van der Waals surface area contributed by atoms with E-state index in [-0.39, 0.29) is 0 Å². The van der Waals surface area contributed by atoms with Crippen LogP contribution in [0.15, 0.2) is 24.3 Å². The van der Waals surface area contributed by atoms with Crippen molar-refractivity contribution in [3.05, 3.63) is 29.8 Å². The Morgan fingerprint density at radius 1 is 1.44 bits per heavy atom. The molecule has 100 valence electrons. The number of para-hydroxylation sites is 1. The standard InChI is InChI=1S/C15H24N2O/c1-3-13(11-18-2)17-10-12(8-9-16)14-6-4-5-7-15(14)17/h4-7,12-13H,3,8-11,16H2,1-2H3. The van der Waals surface area contributed by atoms with Gasteiger partial charge in [-0.3, -0.25) is 0 Å². The van der Waals surface area contributed by atoms with Gasteiger partial charge < -0.3 is 15.4 Å². The molecule has 0 saturated carbocycles. The number of fused-ring (bicyclic) bond motifs is 1. The van der Waals surface area contributed by atoms with E-state index in [1.807, 2.05) is 0 Å². The molecule has 0 aliphatic carbocycles. The SMILES string of the molecule is CCC(COC)N1CC(CCN)c2ccccc21. The van der Waals surface area contributed by atoms with Crippen LogP contribution in [-0.2, 0) is 4.74 Å². The van der Waals surface area contributed by atoms with Gasteiger partial charge in [0.25, 0.3) is 0 Å². The second-order valence-electron chi connectivity index (χ2n) is 5.00. The average Bonchev–Trinajstić information content (AvgIpc) is 2.76. The number of anilines is 1. The Morgan fingerprint density at radius 3 is 2.89 bits per heavy atom. The van der Waals surface area contributed by atoms with E-state index in [1.54, 1.807) is 7.11 Å². The lowest BCUT2D eigenvalue weighted by atomic mass is 9.98. The predicted molar refractivity (Wildman–Crippen MR) is 76.2 cm³/mol. The molecule has 0 fully saturated rings. The summed E-state index contributed by atoms with van der Waals surface area (Å²) in [5.74, 6) is 0.581. The highest BCUT2D eigenvalue weighted by Gasteiger charge is 2.31. The largest absolute Gasteiger partial charge is 0.383 e. The Bertz CT molecular complexity index is 381. The van der Waals surface area contributed by atoms with Crippen molar-refractivity contribution >= 4 is 5.69 Å². The van der Waals surface area contributed by atoms with E-state index in [0.717, 1.165) is 32.5 Å². The first-order chi connectivity index (χ1) is 8.81. The van der Waals surface area contributed by atoms with E-state index < -0.39 is 0 Å². The fraction of sp³-hybridized carbons (Fsp3) is 0.600. The molecule has 1 aromatic rings. The van der Waals surface area contributed by atoms with Crippen LogP contribution < -0.4 is 10.6 Å². The molecule has 0 saturated heterocycles. The minimum absolute atomic E-state index is 0.471. The summed E-state index contributed by atoms with van der Waals surface area (Å²) in [5.41, 5.74) is 8.57. The summed E-state index contributed by atoms with van der Waals surface area (Å²) in [6.45, 7) is 4.86. The van der Waals surface area contributed by atoms with Gasteiger partial charge in [-0.05, 0) is 31.0 Å². The number of benzene rings is 1. The fourth-order valence-corrected chi connectivity index (χ4v) is 2.94. The van der Waals surface area contributed by atoms with Crippen LogP contribution in [0.4, 0.5) is 5.69 Å². The van der Waals surface area contributed by atoms with E-state index >= 15 is 0 Å². The van der Waals surface area contributed by atoms with E-state index in [9.17, 15) is 0 Å². The molecule has 3 heteroatoms. The number of ether oxygens (including phenoxy) is 1. The van der Waals surface area contributed by atoms with Crippen molar-refractivity contribution in [3.63, 3.8) is 0 Å². The Morgan fingerprint density at radius 2 is 2.22 bits per heavy atom. The molecular weight excluding hydrogens is 224 g/mol. The van der Waals surface area contributed by atoms with Crippen LogP contribution in [-0.4, -0.2) is 32.8 Å². The van der Waals surface area contributed by atoms with E-state index in [1.165, 1.54) is 11.3 Å². The van der Waals surface area contributed by atoms with Crippen molar-refractivity contribution in [2.24, 2.45) is 5.73 Å². The summed E-state index contributed by atoms with van der Waals surface area (Å²) >= 11 is 0. The van der Waals surface area contributed by atoms with E-state index in [0.29, 0.717) is 12.0 Å². The smallest absolute Gasteiger partial charge is 0.0666 e. The summed E-state index contributed by atoms with van der Waals surface area (Å²) in [6, 6.07) is 9.19. The van der Waals surface area contributed by atoms with Gasteiger partial charge in [0, 0.05) is 25.3 Å². The van der Waals surface area contributed by atoms with Crippen molar-refractivity contribution in [1.29, 1.82) is 0 Å². The Labute approximate surface area is 110 Å². The van der Waals surface area contributed by atoms with Crippen molar-refractivity contribution in [2.45, 2.75) is 31.7 Å². The molecule has 0 aromatic heterocycles. The van der Waals surface area contributed by atoms with Gasteiger partial charge >= 0.3 is 0 Å². The van der Waals surface area contributed by atoms with Crippen LogP contribution in [0.2, 0.25) is 0 Å². The van der Waals surface area contributed by atoms with Crippen LogP contribution >= 0.6 is 0 Å². The second-order valence-corrected chi connectivity index (χ2v) is 5.00. The summed E-state index contributed by atoms with van der Waals surface area (Å²) in [4.78, 5) is 2.50. The van der Waals surface area contributed by atoms with Crippen molar-refractivity contribution < 1.29 is 4.74 Å². The minimum Gasteiger partial charge on any atom is -0.383 e. The lowest BCUT2D eigenvalue weighted by Gasteiger charge is -2.29. The highest BCUT2D eigenvalue weighted by Crippen LogP contribution is 2.39. The lowest BCUT2D eigenvalue weighted by Crippen LogP contribution is -2.37. The molecule has 2 rings (SSSR count). The zero-order chi connectivity index (χ0) is 13.0. The van der Waals surface area contributed by atoms with Crippen LogP contribution in [0, 0.1) is 0 Å². The third kappa shape index (κ3) is 2.52. The second kappa shape index (κ2) is 6.21. The summed E-state index contributed by atoms with van der Waals surface area (Å²) < 4.78 is 5.35. The monoisotopic (exact) mass is 248 g/mol. The number of nitrogens with two attached hydrogens (primary N) is 1. The third-order valence-electron chi connectivity index (χ3n) is 3.89. The Kier molecular flexibility index (Phi) is 4.61. The topological polar surface area (TPSA) is 38.5 Å². The third-order valence-corrected chi connectivity index (χ3v) is 3.89. The Balaban J connectivity index is 2.24. The van der Waals surface area contributed by atoms with Crippen molar-refractivity contribution in [1.82, 2.24) is 0 Å². The average molecular weight is 248 g/mol. The molecule has 2 N–H and O–H groups in total. The number of rotatable bonds is 6. The molecule has 0 amide bonds. The van der Waals surface area contributed by atoms with Crippen molar-refractivity contribution in [2.75, 3.05) is 31.7 Å². The van der Waals surface area contributed by atoms with Gasteiger partial charge in [-0.2, -0.15) is 0 Å². The van der Waals surface area contributed by atoms with Crippen LogP contribution in [0.3, 0.4) is 0 Å². The molecule has 0 spiro atoms. The van der Waals surface area contributed by atoms with Gasteiger partial charge in [0.2, 0.25) is 0 Å². The van der Waals surface area contributed by atoms with E-state index in [4.69, 9.17) is 10.5 Å². The summed E-state index contributed by atoms with van der Waals surface area (Å²) in [5, 5.41) is 0. The number of hydrogen-bond donors (Lipinski definition) is 1. The molecule has 0 bridgehead atoms. The van der Waals surface area contributed by atoms with Crippen LogP contribution in [0.5, 0.6) is 0 Å². The van der Waals surface area contributed by atoms with Gasteiger partial charge in [-0.15, -0.1) is 0 Å². The number of hydrogen-bond acceptors (Lipinski definition) is 3. The normalized spacial score (nSPS) is 19.9. The molecule has 3 nitrogen and oxygen atoms in total. The van der Waals surface area contributed by atoms with Gasteiger partial charge in [0.1, 0.15) is 0 Å². The zero-order valence-corrected chi connectivity index (χ0v) is 11.4. The minimum atomic E-state index is 0.471. The molecule has 1 heterocycles. The molecule has 1 aromatic carbocycles. The summed E-state index contributed by atoms with van der Waals surface area (Å²) in [7, 11) is 1.78. The fourth-order valence-electron chi connectivity index (χ4n) is 2.94. The van der Waals surface area contributed by atoms with Crippen LogP contribution in [0.1, 0.15) is 31.2 Å². The number of nitrogens with zero attached hydrogens (tertiary/aromatic N) is 1. The highest BCUT2D eigenvalue weighted by atomic mass is 16.5. The molecule has 2 unspecified atom stereocenters. The quantitative estimate of drug-likeness (QED) is 0.840. The summed E-state index contributed by atoms with van der Waals surface area (Å²) in [6.07, 6.45) is 2.18. The van der Waals surface area contributed by atoms with Gasteiger partial charge in [0.15, 0.2) is 0 Å². The maximum atomic E-state index is 5.73. The predicted octanol–water partition coefficient (Wildman–Crippen LogP) is 2.36. The molecule has 18 heavy (non-hydrogen) atoms. The first-order valence-electron chi connectivity index (χ1n) is 6.86. The first-order valence-corrected chi connectivity index (χ1v) is 6.86. The number of methoxy groups -OCH3 is 1. The zero-order valence-electron chi connectivity index (χ0n) is 11.4. The Hall–Kier alpha value is -1.06. The van der Waals surface area contributed by atoms with E-state index in [2.05, 4.69) is 36.1 Å². The molecule has 2 atom stereocenters. The van der Waals surface area contributed by atoms with Crippen molar-refractivity contribution in [3.8, 4) is 0 Å². The lowest BCUT2D eigenvalue weighted by molar-refractivity contribution is 0.175. The van der Waals surface area contributed by atoms with Gasteiger partial charge in [-0.1, -0.05) is 25.1 Å². The molecule has 1 aliphatic rings. The molecule has 0 radical (unpaired) electrons. The maximum Gasteiger partial charge on any atom is 0.0666 e. The molecular formula is C15H24N2O. The van der Waals surface area contributed by atoms with Gasteiger partial charge in [-0.25, -0.2) is 0 Å².